The van der Waals surface area contributed by atoms with Gasteiger partial charge in [-0.2, -0.15) is 0 Å². The van der Waals surface area contributed by atoms with Crippen LogP contribution in [0.4, 0.5) is 14.6 Å². The number of nitrogens with one attached hydrogen (secondary N) is 1. The molecule has 6 nitrogen and oxygen atoms in total. The third-order valence-electron chi connectivity index (χ3n) is 4.70. The van der Waals surface area contributed by atoms with Crippen LogP contribution >= 0.6 is 24.8 Å². The number of nitrogens with zero attached hydrogens (tertiary/aromatic N) is 4. The maximum Gasteiger partial charge on any atom is 0.262 e. The van der Waals surface area contributed by atoms with Crippen molar-refractivity contribution in [1.29, 1.82) is 0 Å². The van der Waals surface area contributed by atoms with E-state index in [-0.39, 0.29) is 36.6 Å². The van der Waals surface area contributed by atoms with E-state index in [2.05, 4.69) is 34.0 Å². The number of amides is 1. The molecular formula is C17H27Cl2F2N5O. The van der Waals surface area contributed by atoms with E-state index < -0.39 is 24.9 Å². The summed E-state index contributed by atoms with van der Waals surface area (Å²) < 4.78 is 26.6. The molecule has 154 valence electrons. The van der Waals surface area contributed by atoms with Crippen LogP contribution in [0.25, 0.3) is 0 Å². The number of hydrogen-bond acceptors (Lipinski definition) is 5. The van der Waals surface area contributed by atoms with Crippen molar-refractivity contribution in [3.05, 3.63) is 17.6 Å². The van der Waals surface area contributed by atoms with Crippen LogP contribution in [0.2, 0.25) is 0 Å². The van der Waals surface area contributed by atoms with Crippen LogP contribution in [-0.2, 0) is 4.79 Å². The van der Waals surface area contributed by atoms with Gasteiger partial charge < -0.3 is 9.80 Å². The lowest BCUT2D eigenvalue weighted by Crippen LogP contribution is -2.53. The van der Waals surface area contributed by atoms with Crippen LogP contribution < -0.4 is 10.2 Å². The van der Waals surface area contributed by atoms with Gasteiger partial charge in [0.2, 0.25) is 5.91 Å². The first-order chi connectivity index (χ1) is 11.7. The third-order valence-corrected chi connectivity index (χ3v) is 4.70. The highest BCUT2D eigenvalue weighted by atomic mass is 35.5. The van der Waals surface area contributed by atoms with E-state index in [0.717, 1.165) is 17.3 Å². The molecule has 10 heteroatoms. The van der Waals surface area contributed by atoms with Crippen molar-refractivity contribution < 1.29 is 13.6 Å². The summed E-state index contributed by atoms with van der Waals surface area (Å²) in [6, 6.07) is 1.18. The van der Waals surface area contributed by atoms with Crippen molar-refractivity contribution in [2.75, 3.05) is 37.6 Å². The molecule has 2 aliphatic heterocycles. The summed E-state index contributed by atoms with van der Waals surface area (Å²) in [6.45, 7) is 7.96. The van der Waals surface area contributed by atoms with Gasteiger partial charge in [-0.15, -0.1) is 24.8 Å². The fraction of sp³-hybridized carbons (Fsp3) is 0.706. The van der Waals surface area contributed by atoms with Gasteiger partial charge in [0.05, 0.1) is 12.6 Å². The summed E-state index contributed by atoms with van der Waals surface area (Å²) in [5.41, 5.74) is 0.921. The fourth-order valence-corrected chi connectivity index (χ4v) is 3.26. The van der Waals surface area contributed by atoms with Crippen molar-refractivity contribution in [1.82, 2.24) is 20.2 Å². The molecule has 1 unspecified atom stereocenters. The SMILES string of the molecule is Cc1cc(N2CCN(C(=O)C3CC(F)(F)CN3)CC2)nc(C(C)C)n1.Cl.Cl. The normalized spacial score (nSPS) is 21.6. The summed E-state index contributed by atoms with van der Waals surface area (Å²) in [7, 11) is 0. The molecule has 1 aromatic heterocycles. The predicted octanol–water partition coefficient (Wildman–Crippen LogP) is 2.40. The number of aromatic nitrogens is 2. The Morgan fingerprint density at radius 1 is 1.22 bits per heavy atom. The molecule has 3 heterocycles. The van der Waals surface area contributed by atoms with Crippen molar-refractivity contribution in [2.24, 2.45) is 0 Å². The Morgan fingerprint density at radius 2 is 1.85 bits per heavy atom. The van der Waals surface area contributed by atoms with Gasteiger partial charge in [0, 0.05) is 50.3 Å². The minimum Gasteiger partial charge on any atom is -0.353 e. The topological polar surface area (TPSA) is 61.4 Å². The van der Waals surface area contributed by atoms with Crippen LogP contribution in [0.1, 0.15) is 37.7 Å². The van der Waals surface area contributed by atoms with Crippen molar-refractivity contribution in [3.63, 3.8) is 0 Å². The molecule has 0 aromatic carbocycles. The first-order valence-electron chi connectivity index (χ1n) is 8.76. The molecule has 27 heavy (non-hydrogen) atoms. The lowest BCUT2D eigenvalue weighted by atomic mass is 10.1. The van der Waals surface area contributed by atoms with Gasteiger partial charge in [-0.05, 0) is 6.92 Å². The van der Waals surface area contributed by atoms with Crippen LogP contribution in [0.3, 0.4) is 0 Å². The summed E-state index contributed by atoms with van der Waals surface area (Å²) in [5.74, 6) is -1.08. The summed E-state index contributed by atoms with van der Waals surface area (Å²) >= 11 is 0. The lowest BCUT2D eigenvalue weighted by molar-refractivity contribution is -0.134. The molecule has 1 aromatic rings. The molecule has 1 atom stereocenters. The van der Waals surface area contributed by atoms with Gasteiger partial charge in [0.1, 0.15) is 11.6 Å². The summed E-state index contributed by atoms with van der Waals surface area (Å²) in [6.07, 6.45) is -0.408. The fourth-order valence-electron chi connectivity index (χ4n) is 3.26. The average Bonchev–Trinajstić information content (AvgIpc) is 2.93. The zero-order chi connectivity index (χ0) is 18.2. The van der Waals surface area contributed by atoms with E-state index in [1.165, 1.54) is 0 Å². The van der Waals surface area contributed by atoms with Crippen LogP contribution in [0, 0.1) is 6.92 Å². The maximum atomic E-state index is 13.3. The maximum absolute atomic E-state index is 13.3. The Balaban J connectivity index is 0.00000182. The van der Waals surface area contributed by atoms with E-state index in [0.29, 0.717) is 26.2 Å². The van der Waals surface area contributed by atoms with Gasteiger partial charge in [-0.25, -0.2) is 18.7 Å². The Labute approximate surface area is 170 Å². The molecule has 2 aliphatic rings. The van der Waals surface area contributed by atoms with Gasteiger partial charge in [-0.3, -0.25) is 10.1 Å². The van der Waals surface area contributed by atoms with Crippen molar-refractivity contribution in [2.45, 2.75) is 45.1 Å². The molecule has 2 saturated heterocycles. The van der Waals surface area contributed by atoms with Gasteiger partial charge in [0.15, 0.2) is 0 Å². The zero-order valence-corrected chi connectivity index (χ0v) is 17.4. The second-order valence-corrected chi connectivity index (χ2v) is 7.19. The van der Waals surface area contributed by atoms with E-state index in [1.54, 1.807) is 4.90 Å². The molecular weight excluding hydrogens is 399 g/mol. The number of carbonyl (C=O) groups excluding carboxylic acids is 1. The van der Waals surface area contributed by atoms with Crippen LogP contribution in [0.5, 0.6) is 0 Å². The van der Waals surface area contributed by atoms with Gasteiger partial charge in [-0.1, -0.05) is 13.8 Å². The van der Waals surface area contributed by atoms with Crippen molar-refractivity contribution >= 4 is 36.5 Å². The zero-order valence-electron chi connectivity index (χ0n) is 15.7. The molecule has 0 radical (unpaired) electrons. The Bertz CT molecular complexity index is 654. The number of halogens is 4. The summed E-state index contributed by atoms with van der Waals surface area (Å²) in [4.78, 5) is 25.3. The predicted molar refractivity (Wildman–Crippen MR) is 106 cm³/mol. The Morgan fingerprint density at radius 3 is 2.37 bits per heavy atom. The first kappa shape index (κ1) is 23.8. The second-order valence-electron chi connectivity index (χ2n) is 7.19. The van der Waals surface area contributed by atoms with Gasteiger partial charge in [0.25, 0.3) is 5.92 Å². The Kier molecular flexibility index (Phi) is 8.19. The number of piperazine rings is 1. The first-order valence-corrected chi connectivity index (χ1v) is 8.76. The third kappa shape index (κ3) is 5.62. The number of aryl methyl sites for hydroxylation is 1. The number of carbonyl (C=O) groups is 1. The number of alkyl halides is 2. The standard InChI is InChI=1S/C17H25F2N5O.2ClH/c1-11(2)15-21-12(3)8-14(22-15)23-4-6-24(7-5-23)16(25)13-9-17(18,19)10-20-13;;/h8,11,13,20H,4-7,9-10H2,1-3H3;2*1H. The molecule has 0 bridgehead atoms. The summed E-state index contributed by atoms with van der Waals surface area (Å²) in [5, 5.41) is 2.64. The smallest absolute Gasteiger partial charge is 0.262 e. The molecule has 2 fully saturated rings. The number of rotatable bonds is 3. The molecule has 3 rings (SSSR count). The van der Waals surface area contributed by atoms with E-state index in [1.807, 2.05) is 13.0 Å². The molecule has 0 saturated carbocycles. The van der Waals surface area contributed by atoms with E-state index in [9.17, 15) is 13.6 Å². The molecule has 0 aliphatic carbocycles. The quantitative estimate of drug-likeness (QED) is 0.805. The highest BCUT2D eigenvalue weighted by Gasteiger charge is 2.43. The number of anilines is 1. The van der Waals surface area contributed by atoms with Gasteiger partial charge >= 0.3 is 0 Å². The van der Waals surface area contributed by atoms with E-state index in [4.69, 9.17) is 0 Å². The minimum atomic E-state index is -2.78. The molecule has 1 amide bonds. The molecule has 0 spiro atoms. The molecule has 1 N–H and O–H groups in total. The van der Waals surface area contributed by atoms with Crippen molar-refractivity contribution in [3.8, 4) is 0 Å². The highest BCUT2D eigenvalue weighted by molar-refractivity contribution is 5.85. The monoisotopic (exact) mass is 425 g/mol. The largest absolute Gasteiger partial charge is 0.353 e. The second kappa shape index (κ2) is 9.30. The highest BCUT2D eigenvalue weighted by Crippen LogP contribution is 2.26. The van der Waals surface area contributed by atoms with Crippen LogP contribution in [-0.4, -0.2) is 65.5 Å². The minimum absolute atomic E-state index is 0. The number of hydrogen-bond donors (Lipinski definition) is 1. The van der Waals surface area contributed by atoms with E-state index >= 15 is 0 Å². The average molecular weight is 426 g/mol. The van der Waals surface area contributed by atoms with Crippen LogP contribution in [0.15, 0.2) is 6.07 Å². The lowest BCUT2D eigenvalue weighted by Gasteiger charge is -2.36. The Hall–Kier alpha value is -1.25.